The summed E-state index contributed by atoms with van der Waals surface area (Å²) in [6.45, 7) is 2.51. The van der Waals surface area contributed by atoms with Crippen molar-refractivity contribution in [1.82, 2.24) is 4.90 Å². The van der Waals surface area contributed by atoms with Crippen LogP contribution in [0.15, 0.2) is 18.2 Å². The smallest absolute Gasteiger partial charge is 0.251 e. The lowest BCUT2D eigenvalue weighted by molar-refractivity contribution is -0.123. The van der Waals surface area contributed by atoms with Crippen molar-refractivity contribution < 1.29 is 19.1 Å². The average Bonchev–Trinajstić information content (AvgIpc) is 2.83. The van der Waals surface area contributed by atoms with Crippen LogP contribution in [0.3, 0.4) is 0 Å². The second-order valence-electron chi connectivity index (χ2n) is 5.25. The number of benzene rings is 1. The van der Waals surface area contributed by atoms with E-state index in [2.05, 4.69) is 0 Å². The van der Waals surface area contributed by atoms with E-state index in [0.29, 0.717) is 42.8 Å². The monoisotopic (exact) mass is 324 g/mol. The number of hydrogen-bond acceptors (Lipinski definition) is 5. The molecular weight excluding hydrogens is 308 g/mol. The number of morpholine rings is 1. The molecule has 2 aliphatic rings. The summed E-state index contributed by atoms with van der Waals surface area (Å²) in [6, 6.07) is 4.50. The molecule has 0 bridgehead atoms. The number of amides is 2. The highest BCUT2D eigenvalue weighted by atomic mass is 35.5. The molecular formula is C15H17ClN2O4. The molecule has 0 spiro atoms. The summed E-state index contributed by atoms with van der Waals surface area (Å²) >= 11 is 6.09. The molecule has 2 heterocycles. The first-order valence-electron chi connectivity index (χ1n) is 7.14. The number of anilines is 1. The molecule has 2 amide bonds. The Morgan fingerprint density at radius 1 is 1.27 bits per heavy atom. The van der Waals surface area contributed by atoms with E-state index in [9.17, 15) is 9.59 Å². The first kappa shape index (κ1) is 15.3. The molecule has 0 saturated carbocycles. The summed E-state index contributed by atoms with van der Waals surface area (Å²) in [4.78, 5) is 28.1. The fourth-order valence-corrected chi connectivity index (χ4v) is 3.11. The van der Waals surface area contributed by atoms with E-state index >= 15 is 0 Å². The standard InChI is InChI=1S/C15H17ClN2O4/c1-21-13-3-2-10(8-11(13)16)18-14(19)9-12(15(18)20)17-4-6-22-7-5-17/h2-3,8,12H,4-7,9H2,1H3/t12-/m1/s1. The van der Waals surface area contributed by atoms with E-state index < -0.39 is 6.04 Å². The van der Waals surface area contributed by atoms with Gasteiger partial charge in [-0.1, -0.05) is 11.6 Å². The zero-order chi connectivity index (χ0) is 15.7. The minimum Gasteiger partial charge on any atom is -0.495 e. The van der Waals surface area contributed by atoms with E-state index in [-0.39, 0.29) is 18.2 Å². The van der Waals surface area contributed by atoms with Crippen molar-refractivity contribution in [3.05, 3.63) is 23.2 Å². The van der Waals surface area contributed by atoms with Gasteiger partial charge in [0.05, 0.1) is 43.5 Å². The van der Waals surface area contributed by atoms with Crippen LogP contribution in [0.4, 0.5) is 5.69 Å². The molecule has 1 aromatic rings. The van der Waals surface area contributed by atoms with Crippen molar-refractivity contribution in [1.29, 1.82) is 0 Å². The number of hydrogen-bond donors (Lipinski definition) is 0. The molecule has 2 saturated heterocycles. The number of carbonyl (C=O) groups excluding carboxylic acids is 2. The molecule has 3 rings (SSSR count). The summed E-state index contributed by atoms with van der Waals surface area (Å²) < 4.78 is 10.4. The molecule has 7 heteroatoms. The maximum absolute atomic E-state index is 12.6. The van der Waals surface area contributed by atoms with Gasteiger partial charge in [0.1, 0.15) is 5.75 Å². The molecule has 2 fully saturated rings. The van der Waals surface area contributed by atoms with E-state index in [4.69, 9.17) is 21.1 Å². The Bertz CT molecular complexity index is 601. The molecule has 0 unspecified atom stereocenters. The topological polar surface area (TPSA) is 59.1 Å². The van der Waals surface area contributed by atoms with Gasteiger partial charge in [-0.2, -0.15) is 0 Å². The van der Waals surface area contributed by atoms with Crippen LogP contribution >= 0.6 is 11.6 Å². The van der Waals surface area contributed by atoms with Crippen LogP contribution in [-0.2, 0) is 14.3 Å². The normalized spacial score (nSPS) is 23.2. The Hall–Kier alpha value is -1.63. The third-order valence-electron chi connectivity index (χ3n) is 4.00. The van der Waals surface area contributed by atoms with Crippen molar-refractivity contribution in [3.8, 4) is 5.75 Å². The highest BCUT2D eigenvalue weighted by molar-refractivity contribution is 6.33. The highest BCUT2D eigenvalue weighted by Gasteiger charge is 2.43. The lowest BCUT2D eigenvalue weighted by Crippen LogP contribution is -2.47. The minimum atomic E-state index is -0.405. The molecule has 118 valence electrons. The molecule has 0 radical (unpaired) electrons. The molecule has 0 aliphatic carbocycles. The summed E-state index contributed by atoms with van der Waals surface area (Å²) in [7, 11) is 1.52. The van der Waals surface area contributed by atoms with Crippen LogP contribution in [0, 0.1) is 0 Å². The van der Waals surface area contributed by atoms with Crippen LogP contribution in [0.5, 0.6) is 5.75 Å². The Balaban J connectivity index is 1.83. The Labute approximate surface area is 133 Å². The van der Waals surface area contributed by atoms with Gasteiger partial charge in [0.25, 0.3) is 5.91 Å². The lowest BCUT2D eigenvalue weighted by Gasteiger charge is -2.30. The summed E-state index contributed by atoms with van der Waals surface area (Å²) in [5.41, 5.74) is 0.483. The van der Waals surface area contributed by atoms with Crippen LogP contribution < -0.4 is 9.64 Å². The van der Waals surface area contributed by atoms with Gasteiger partial charge in [0.15, 0.2) is 0 Å². The van der Waals surface area contributed by atoms with Crippen molar-refractivity contribution >= 4 is 29.1 Å². The molecule has 1 atom stereocenters. The quantitative estimate of drug-likeness (QED) is 0.785. The van der Waals surface area contributed by atoms with Gasteiger partial charge in [-0.3, -0.25) is 14.5 Å². The number of rotatable bonds is 3. The number of methoxy groups -OCH3 is 1. The fraction of sp³-hybridized carbons (Fsp3) is 0.467. The molecule has 22 heavy (non-hydrogen) atoms. The van der Waals surface area contributed by atoms with E-state index in [1.165, 1.54) is 12.0 Å². The number of imide groups is 1. The average molecular weight is 325 g/mol. The largest absolute Gasteiger partial charge is 0.495 e. The van der Waals surface area contributed by atoms with Crippen LogP contribution in [0.1, 0.15) is 6.42 Å². The SMILES string of the molecule is COc1ccc(N2C(=O)C[C@@H](N3CCOCC3)C2=O)cc1Cl. The van der Waals surface area contributed by atoms with Crippen LogP contribution in [-0.4, -0.2) is 56.2 Å². The van der Waals surface area contributed by atoms with Gasteiger partial charge in [-0.25, -0.2) is 4.90 Å². The van der Waals surface area contributed by atoms with E-state index in [1.807, 2.05) is 4.90 Å². The van der Waals surface area contributed by atoms with E-state index in [1.54, 1.807) is 18.2 Å². The molecule has 2 aliphatic heterocycles. The van der Waals surface area contributed by atoms with Crippen LogP contribution in [0.25, 0.3) is 0 Å². The summed E-state index contributed by atoms with van der Waals surface area (Å²) in [6.07, 6.45) is 0.197. The maximum atomic E-state index is 12.6. The van der Waals surface area contributed by atoms with Crippen molar-refractivity contribution in [2.24, 2.45) is 0 Å². The summed E-state index contributed by atoms with van der Waals surface area (Å²) in [5, 5.41) is 0.371. The first-order chi connectivity index (χ1) is 10.6. The Kier molecular flexibility index (Phi) is 4.33. The van der Waals surface area contributed by atoms with Gasteiger partial charge in [0, 0.05) is 13.1 Å². The second kappa shape index (κ2) is 6.24. The maximum Gasteiger partial charge on any atom is 0.251 e. The highest BCUT2D eigenvalue weighted by Crippen LogP contribution is 2.32. The third kappa shape index (κ3) is 2.69. The second-order valence-corrected chi connectivity index (χ2v) is 5.66. The summed E-state index contributed by atoms with van der Waals surface area (Å²) in [5.74, 6) is 0.102. The fourth-order valence-electron chi connectivity index (χ4n) is 2.86. The number of carbonyl (C=O) groups is 2. The van der Waals surface area contributed by atoms with Crippen molar-refractivity contribution in [3.63, 3.8) is 0 Å². The Morgan fingerprint density at radius 3 is 2.64 bits per heavy atom. The van der Waals surface area contributed by atoms with Crippen molar-refractivity contribution in [2.45, 2.75) is 12.5 Å². The zero-order valence-electron chi connectivity index (χ0n) is 12.3. The van der Waals surface area contributed by atoms with Gasteiger partial charge in [0.2, 0.25) is 5.91 Å². The van der Waals surface area contributed by atoms with Gasteiger partial charge in [-0.05, 0) is 18.2 Å². The molecule has 0 aromatic heterocycles. The third-order valence-corrected chi connectivity index (χ3v) is 4.30. The first-order valence-corrected chi connectivity index (χ1v) is 7.51. The zero-order valence-corrected chi connectivity index (χ0v) is 13.0. The predicted molar refractivity (Wildman–Crippen MR) is 81.3 cm³/mol. The lowest BCUT2D eigenvalue weighted by atomic mass is 10.2. The van der Waals surface area contributed by atoms with Crippen LogP contribution in [0.2, 0.25) is 5.02 Å². The van der Waals surface area contributed by atoms with E-state index in [0.717, 1.165) is 0 Å². The molecule has 1 aromatic carbocycles. The van der Waals surface area contributed by atoms with Crippen molar-refractivity contribution in [2.75, 3.05) is 38.3 Å². The minimum absolute atomic E-state index is 0.197. The van der Waals surface area contributed by atoms with Gasteiger partial charge >= 0.3 is 0 Å². The number of ether oxygens (including phenoxy) is 2. The Morgan fingerprint density at radius 2 is 2.00 bits per heavy atom. The molecule has 0 N–H and O–H groups in total. The van der Waals surface area contributed by atoms with Gasteiger partial charge < -0.3 is 9.47 Å². The molecule has 6 nitrogen and oxygen atoms in total. The number of halogens is 1. The van der Waals surface area contributed by atoms with Gasteiger partial charge in [-0.15, -0.1) is 0 Å². The number of nitrogens with zero attached hydrogens (tertiary/aromatic N) is 2. The predicted octanol–water partition coefficient (Wildman–Crippen LogP) is 1.31.